The van der Waals surface area contributed by atoms with Crippen LogP contribution in [-0.4, -0.2) is 31.2 Å². The van der Waals surface area contributed by atoms with Crippen molar-refractivity contribution in [3.63, 3.8) is 0 Å². The van der Waals surface area contributed by atoms with Crippen LogP contribution < -0.4 is 11.1 Å². The Morgan fingerprint density at radius 3 is 2.68 bits per heavy atom. The van der Waals surface area contributed by atoms with Gasteiger partial charge in [-0.25, -0.2) is 0 Å². The Morgan fingerprint density at radius 2 is 2.05 bits per heavy atom. The van der Waals surface area contributed by atoms with Gasteiger partial charge in [0.05, 0.1) is 6.61 Å². The lowest BCUT2D eigenvalue weighted by Crippen LogP contribution is -2.48. The van der Waals surface area contributed by atoms with Crippen LogP contribution in [0.5, 0.6) is 0 Å². The van der Waals surface area contributed by atoms with Crippen molar-refractivity contribution >= 4 is 5.91 Å². The van der Waals surface area contributed by atoms with Crippen LogP contribution in [-0.2, 0) is 9.53 Å². The van der Waals surface area contributed by atoms with Gasteiger partial charge in [0, 0.05) is 30.5 Å². The van der Waals surface area contributed by atoms with Crippen molar-refractivity contribution in [3.05, 3.63) is 0 Å². The van der Waals surface area contributed by atoms with Gasteiger partial charge in [0.25, 0.3) is 0 Å². The molecule has 1 aliphatic heterocycles. The molecule has 0 aromatic rings. The summed E-state index contributed by atoms with van der Waals surface area (Å²) < 4.78 is 5.39. The molecule has 0 bridgehead atoms. The number of amides is 1. The Bertz CT molecular complexity index is 315. The predicted molar refractivity (Wildman–Crippen MR) is 75.6 cm³/mol. The van der Waals surface area contributed by atoms with E-state index in [0.29, 0.717) is 17.8 Å². The zero-order valence-corrected chi connectivity index (χ0v) is 12.4. The fourth-order valence-electron chi connectivity index (χ4n) is 3.45. The third-order valence-electron chi connectivity index (χ3n) is 5.07. The quantitative estimate of drug-likeness (QED) is 0.816. The number of ether oxygens (including phenoxy) is 1. The van der Waals surface area contributed by atoms with E-state index in [0.717, 1.165) is 32.5 Å². The van der Waals surface area contributed by atoms with Crippen molar-refractivity contribution in [2.24, 2.45) is 29.4 Å². The summed E-state index contributed by atoms with van der Waals surface area (Å²) in [5, 5.41) is 3.18. The van der Waals surface area contributed by atoms with E-state index >= 15 is 0 Å². The van der Waals surface area contributed by atoms with E-state index in [2.05, 4.69) is 26.1 Å². The molecule has 0 aromatic carbocycles. The first-order valence-electron chi connectivity index (χ1n) is 7.62. The molecule has 1 amide bonds. The molecule has 2 fully saturated rings. The van der Waals surface area contributed by atoms with Gasteiger partial charge in [-0.3, -0.25) is 4.79 Å². The Morgan fingerprint density at radius 1 is 1.32 bits per heavy atom. The largest absolute Gasteiger partial charge is 0.381 e. The standard InChI is InChI=1S/C15H28N2O2/c1-9-6-10(2)14(16)7-13(9)15(18)17-11(3)12-4-5-19-8-12/h9-14H,4-8,16H2,1-3H3,(H,17,18). The molecule has 2 rings (SSSR count). The Labute approximate surface area is 116 Å². The highest BCUT2D eigenvalue weighted by Gasteiger charge is 2.36. The van der Waals surface area contributed by atoms with Gasteiger partial charge in [-0.1, -0.05) is 13.8 Å². The van der Waals surface area contributed by atoms with Crippen LogP contribution in [0.4, 0.5) is 0 Å². The van der Waals surface area contributed by atoms with Gasteiger partial charge >= 0.3 is 0 Å². The smallest absolute Gasteiger partial charge is 0.223 e. The van der Waals surface area contributed by atoms with Crippen LogP contribution in [0, 0.1) is 23.7 Å². The normalized spacial score (nSPS) is 40.9. The number of nitrogens with two attached hydrogens (primary N) is 1. The average Bonchev–Trinajstić information content (AvgIpc) is 2.87. The monoisotopic (exact) mass is 268 g/mol. The molecule has 0 spiro atoms. The second kappa shape index (κ2) is 6.23. The van der Waals surface area contributed by atoms with Crippen LogP contribution in [0.2, 0.25) is 0 Å². The maximum atomic E-state index is 12.4. The van der Waals surface area contributed by atoms with Crippen molar-refractivity contribution in [2.45, 2.75) is 52.1 Å². The van der Waals surface area contributed by atoms with Gasteiger partial charge in [0.1, 0.15) is 0 Å². The fraction of sp³-hybridized carbons (Fsp3) is 0.933. The molecule has 1 aliphatic carbocycles. The molecule has 1 saturated heterocycles. The van der Waals surface area contributed by atoms with E-state index in [4.69, 9.17) is 10.5 Å². The molecule has 6 unspecified atom stereocenters. The predicted octanol–water partition coefficient (Wildman–Crippen LogP) is 1.54. The van der Waals surface area contributed by atoms with Gasteiger partial charge in [-0.2, -0.15) is 0 Å². The Balaban J connectivity index is 1.88. The van der Waals surface area contributed by atoms with E-state index in [1.54, 1.807) is 0 Å². The van der Waals surface area contributed by atoms with Crippen LogP contribution in [0.25, 0.3) is 0 Å². The highest BCUT2D eigenvalue weighted by molar-refractivity contribution is 5.79. The van der Waals surface area contributed by atoms with Crippen LogP contribution >= 0.6 is 0 Å². The second-order valence-corrected chi connectivity index (χ2v) is 6.62. The van der Waals surface area contributed by atoms with Gasteiger partial charge < -0.3 is 15.8 Å². The van der Waals surface area contributed by atoms with E-state index in [1.165, 1.54) is 0 Å². The third-order valence-corrected chi connectivity index (χ3v) is 5.07. The molecule has 1 saturated carbocycles. The van der Waals surface area contributed by atoms with Crippen molar-refractivity contribution in [2.75, 3.05) is 13.2 Å². The minimum atomic E-state index is 0.0796. The summed E-state index contributed by atoms with van der Waals surface area (Å²) in [4.78, 5) is 12.4. The zero-order valence-electron chi connectivity index (χ0n) is 12.4. The molecule has 0 radical (unpaired) electrons. The van der Waals surface area contributed by atoms with Crippen molar-refractivity contribution in [3.8, 4) is 0 Å². The summed E-state index contributed by atoms with van der Waals surface area (Å²) in [6.07, 6.45) is 2.93. The van der Waals surface area contributed by atoms with Crippen molar-refractivity contribution in [1.82, 2.24) is 5.32 Å². The van der Waals surface area contributed by atoms with E-state index in [1.807, 2.05) is 0 Å². The highest BCUT2D eigenvalue weighted by atomic mass is 16.5. The van der Waals surface area contributed by atoms with Crippen molar-refractivity contribution < 1.29 is 9.53 Å². The van der Waals surface area contributed by atoms with Gasteiger partial charge in [-0.05, 0) is 38.0 Å². The second-order valence-electron chi connectivity index (χ2n) is 6.62. The van der Waals surface area contributed by atoms with Gasteiger partial charge in [0.15, 0.2) is 0 Å². The van der Waals surface area contributed by atoms with E-state index in [9.17, 15) is 4.79 Å². The van der Waals surface area contributed by atoms with E-state index in [-0.39, 0.29) is 23.9 Å². The summed E-state index contributed by atoms with van der Waals surface area (Å²) in [6, 6.07) is 0.370. The third kappa shape index (κ3) is 3.48. The lowest BCUT2D eigenvalue weighted by molar-refractivity contribution is -0.129. The molecular formula is C15H28N2O2. The molecular weight excluding hydrogens is 240 g/mol. The summed E-state index contributed by atoms with van der Waals surface area (Å²) in [7, 11) is 0. The average molecular weight is 268 g/mol. The lowest BCUT2D eigenvalue weighted by atomic mass is 9.72. The molecule has 4 nitrogen and oxygen atoms in total. The van der Waals surface area contributed by atoms with Crippen LogP contribution in [0.3, 0.4) is 0 Å². The minimum absolute atomic E-state index is 0.0796. The number of carbonyl (C=O) groups excluding carboxylic acids is 1. The maximum absolute atomic E-state index is 12.4. The SMILES string of the molecule is CC1CC(C)C(C(=O)NC(C)C2CCOC2)CC1N. The number of hydrogen-bond donors (Lipinski definition) is 2. The number of rotatable bonds is 3. The van der Waals surface area contributed by atoms with Gasteiger partial charge in [0.2, 0.25) is 5.91 Å². The number of nitrogens with one attached hydrogen (secondary N) is 1. The molecule has 0 aromatic heterocycles. The topological polar surface area (TPSA) is 64.3 Å². The minimum Gasteiger partial charge on any atom is -0.381 e. The van der Waals surface area contributed by atoms with Crippen LogP contribution in [0.1, 0.15) is 40.0 Å². The van der Waals surface area contributed by atoms with Crippen molar-refractivity contribution in [1.29, 1.82) is 0 Å². The molecule has 110 valence electrons. The lowest BCUT2D eigenvalue weighted by Gasteiger charge is -2.37. The molecule has 3 N–H and O–H groups in total. The zero-order chi connectivity index (χ0) is 14.0. The van der Waals surface area contributed by atoms with Gasteiger partial charge in [-0.15, -0.1) is 0 Å². The molecule has 2 aliphatic rings. The number of carbonyl (C=O) groups is 1. The molecule has 6 atom stereocenters. The summed E-state index contributed by atoms with van der Waals surface area (Å²) >= 11 is 0. The summed E-state index contributed by atoms with van der Waals surface area (Å²) in [6.45, 7) is 8.06. The molecule has 19 heavy (non-hydrogen) atoms. The first-order valence-corrected chi connectivity index (χ1v) is 7.62. The number of hydrogen-bond acceptors (Lipinski definition) is 3. The molecule has 1 heterocycles. The Hall–Kier alpha value is -0.610. The first kappa shape index (κ1) is 14.8. The first-order chi connectivity index (χ1) is 8.99. The summed E-state index contributed by atoms with van der Waals surface area (Å²) in [5.41, 5.74) is 6.12. The fourth-order valence-corrected chi connectivity index (χ4v) is 3.45. The Kier molecular flexibility index (Phi) is 4.85. The summed E-state index contributed by atoms with van der Waals surface area (Å²) in [5.74, 6) is 1.70. The highest BCUT2D eigenvalue weighted by Crippen LogP contribution is 2.33. The maximum Gasteiger partial charge on any atom is 0.223 e. The van der Waals surface area contributed by atoms with Crippen LogP contribution in [0.15, 0.2) is 0 Å². The van der Waals surface area contributed by atoms with E-state index < -0.39 is 0 Å². The molecule has 4 heteroatoms.